The Morgan fingerprint density at radius 2 is 2.00 bits per heavy atom. The van der Waals surface area contributed by atoms with Crippen molar-refractivity contribution in [3.8, 4) is 5.75 Å². The molecule has 0 aliphatic carbocycles. The maximum atomic E-state index is 5.38. The average Bonchev–Trinajstić information content (AvgIpc) is 2.53. The summed E-state index contributed by atoms with van der Waals surface area (Å²) in [5, 5.41) is 6.43. The Labute approximate surface area is 126 Å². The van der Waals surface area contributed by atoms with E-state index < -0.39 is 0 Å². The molecule has 118 valence electrons. The number of methoxy groups -OCH3 is 2. The van der Waals surface area contributed by atoms with Gasteiger partial charge in [0.25, 0.3) is 0 Å². The van der Waals surface area contributed by atoms with Gasteiger partial charge < -0.3 is 24.8 Å². The second-order valence-corrected chi connectivity index (χ2v) is 4.31. The normalized spacial score (nSPS) is 11.3. The van der Waals surface area contributed by atoms with Gasteiger partial charge in [-0.2, -0.15) is 0 Å². The lowest BCUT2D eigenvalue weighted by Gasteiger charge is -2.12. The van der Waals surface area contributed by atoms with Gasteiger partial charge in [-0.05, 0) is 17.7 Å². The molecule has 6 heteroatoms. The molecule has 1 rings (SSSR count). The Hall–Kier alpha value is -1.79. The first-order chi connectivity index (χ1) is 10.3. The number of benzene rings is 1. The number of hydrogen-bond acceptors (Lipinski definition) is 4. The summed E-state index contributed by atoms with van der Waals surface area (Å²) in [6.45, 7) is 3.21. The quantitative estimate of drug-likeness (QED) is 0.405. The number of aliphatic imine (C=N–C) groups is 1. The largest absolute Gasteiger partial charge is 0.497 e. The van der Waals surface area contributed by atoms with Crippen molar-refractivity contribution < 1.29 is 14.2 Å². The third-order valence-corrected chi connectivity index (χ3v) is 2.79. The van der Waals surface area contributed by atoms with E-state index in [1.165, 1.54) is 0 Å². The fourth-order valence-electron chi connectivity index (χ4n) is 1.67. The van der Waals surface area contributed by atoms with E-state index in [1.54, 1.807) is 21.3 Å². The molecule has 0 spiro atoms. The lowest BCUT2D eigenvalue weighted by atomic mass is 10.2. The molecule has 0 amide bonds. The smallest absolute Gasteiger partial charge is 0.191 e. The van der Waals surface area contributed by atoms with Crippen molar-refractivity contribution in [2.45, 2.75) is 6.54 Å². The lowest BCUT2D eigenvalue weighted by molar-refractivity contribution is 0.0733. The summed E-state index contributed by atoms with van der Waals surface area (Å²) in [7, 11) is 5.06. The van der Waals surface area contributed by atoms with Crippen molar-refractivity contribution in [1.29, 1.82) is 0 Å². The highest BCUT2D eigenvalue weighted by Crippen LogP contribution is 2.11. The zero-order valence-electron chi connectivity index (χ0n) is 13.0. The zero-order chi connectivity index (χ0) is 15.3. The van der Waals surface area contributed by atoms with E-state index in [2.05, 4.69) is 15.6 Å². The predicted octanol–water partition coefficient (Wildman–Crippen LogP) is 1.02. The van der Waals surface area contributed by atoms with Crippen LogP contribution in [0.3, 0.4) is 0 Å². The third kappa shape index (κ3) is 7.53. The van der Waals surface area contributed by atoms with Crippen molar-refractivity contribution in [2.24, 2.45) is 4.99 Å². The van der Waals surface area contributed by atoms with Gasteiger partial charge in [0.2, 0.25) is 0 Å². The summed E-state index contributed by atoms with van der Waals surface area (Å²) in [5.74, 6) is 1.59. The topological polar surface area (TPSA) is 64.1 Å². The molecule has 0 aromatic heterocycles. The van der Waals surface area contributed by atoms with Crippen LogP contribution in [0.15, 0.2) is 29.3 Å². The summed E-state index contributed by atoms with van der Waals surface area (Å²) in [6.07, 6.45) is 0. The Morgan fingerprint density at radius 1 is 1.14 bits per heavy atom. The van der Waals surface area contributed by atoms with Crippen LogP contribution in [-0.4, -0.2) is 53.6 Å². The van der Waals surface area contributed by atoms with Gasteiger partial charge in [0, 0.05) is 27.2 Å². The number of hydrogen-bond donors (Lipinski definition) is 2. The van der Waals surface area contributed by atoms with E-state index in [9.17, 15) is 0 Å². The van der Waals surface area contributed by atoms with Gasteiger partial charge in [0.05, 0.1) is 26.9 Å². The van der Waals surface area contributed by atoms with Crippen LogP contribution in [0.1, 0.15) is 5.56 Å². The molecule has 1 aromatic rings. The standard InChI is InChI=1S/C15H25N3O3/c1-16-15(17-7-8-21-10-9-19-2)18-12-13-5-4-6-14(11-13)20-3/h4-6,11H,7-10,12H2,1-3H3,(H2,16,17,18). The molecule has 0 heterocycles. The number of ether oxygens (including phenoxy) is 3. The van der Waals surface area contributed by atoms with Gasteiger partial charge in [0.15, 0.2) is 5.96 Å². The van der Waals surface area contributed by atoms with Crippen LogP contribution in [0.2, 0.25) is 0 Å². The molecule has 1 aromatic carbocycles. The molecule has 0 atom stereocenters. The van der Waals surface area contributed by atoms with Gasteiger partial charge in [-0.15, -0.1) is 0 Å². The van der Waals surface area contributed by atoms with E-state index in [0.717, 1.165) is 17.3 Å². The Kier molecular flexibility index (Phi) is 8.99. The summed E-state index contributed by atoms with van der Waals surface area (Å²) in [6, 6.07) is 7.93. The second kappa shape index (κ2) is 10.9. The van der Waals surface area contributed by atoms with Crippen LogP contribution >= 0.6 is 0 Å². The fourth-order valence-corrected chi connectivity index (χ4v) is 1.67. The van der Waals surface area contributed by atoms with Crippen LogP contribution < -0.4 is 15.4 Å². The summed E-state index contributed by atoms with van der Waals surface area (Å²) < 4.78 is 15.5. The molecule has 0 bridgehead atoms. The van der Waals surface area contributed by atoms with E-state index in [0.29, 0.717) is 32.9 Å². The van der Waals surface area contributed by atoms with E-state index in [1.807, 2.05) is 24.3 Å². The first kappa shape index (κ1) is 17.3. The molecular formula is C15H25N3O3. The molecule has 0 saturated heterocycles. The Morgan fingerprint density at radius 3 is 2.71 bits per heavy atom. The Balaban J connectivity index is 2.24. The van der Waals surface area contributed by atoms with Crippen LogP contribution in [0, 0.1) is 0 Å². The molecule has 0 unspecified atom stereocenters. The molecular weight excluding hydrogens is 270 g/mol. The van der Waals surface area contributed by atoms with Crippen molar-refractivity contribution in [1.82, 2.24) is 10.6 Å². The van der Waals surface area contributed by atoms with Gasteiger partial charge in [0.1, 0.15) is 5.75 Å². The highest BCUT2D eigenvalue weighted by atomic mass is 16.5. The molecule has 2 N–H and O–H groups in total. The van der Waals surface area contributed by atoms with Gasteiger partial charge in [-0.25, -0.2) is 0 Å². The molecule has 0 fully saturated rings. The van der Waals surface area contributed by atoms with Crippen molar-refractivity contribution in [2.75, 3.05) is 47.6 Å². The maximum Gasteiger partial charge on any atom is 0.191 e. The van der Waals surface area contributed by atoms with E-state index in [-0.39, 0.29) is 0 Å². The van der Waals surface area contributed by atoms with Crippen LogP contribution in [0.5, 0.6) is 5.75 Å². The number of nitrogens with one attached hydrogen (secondary N) is 2. The molecule has 0 aliphatic rings. The van der Waals surface area contributed by atoms with Crippen molar-refractivity contribution in [3.05, 3.63) is 29.8 Å². The lowest BCUT2D eigenvalue weighted by Crippen LogP contribution is -2.38. The van der Waals surface area contributed by atoms with Crippen LogP contribution in [-0.2, 0) is 16.0 Å². The minimum Gasteiger partial charge on any atom is -0.497 e. The average molecular weight is 295 g/mol. The van der Waals surface area contributed by atoms with Gasteiger partial charge in [-0.1, -0.05) is 12.1 Å². The van der Waals surface area contributed by atoms with Crippen molar-refractivity contribution >= 4 is 5.96 Å². The van der Waals surface area contributed by atoms with Gasteiger partial charge in [-0.3, -0.25) is 4.99 Å². The maximum absolute atomic E-state index is 5.38. The van der Waals surface area contributed by atoms with E-state index in [4.69, 9.17) is 14.2 Å². The van der Waals surface area contributed by atoms with Gasteiger partial charge >= 0.3 is 0 Å². The summed E-state index contributed by atoms with van der Waals surface area (Å²) in [4.78, 5) is 4.16. The third-order valence-electron chi connectivity index (χ3n) is 2.79. The Bertz CT molecular complexity index is 424. The minimum atomic E-state index is 0.605. The monoisotopic (exact) mass is 295 g/mol. The highest BCUT2D eigenvalue weighted by molar-refractivity contribution is 5.79. The SMILES string of the molecule is CN=C(NCCOCCOC)NCc1cccc(OC)c1. The molecule has 0 aliphatic heterocycles. The highest BCUT2D eigenvalue weighted by Gasteiger charge is 1.99. The molecule has 0 saturated carbocycles. The number of guanidine groups is 1. The summed E-state index contributed by atoms with van der Waals surface area (Å²) in [5.41, 5.74) is 1.13. The molecule has 21 heavy (non-hydrogen) atoms. The predicted molar refractivity (Wildman–Crippen MR) is 83.9 cm³/mol. The zero-order valence-corrected chi connectivity index (χ0v) is 13.0. The first-order valence-corrected chi connectivity index (χ1v) is 6.94. The second-order valence-electron chi connectivity index (χ2n) is 4.31. The molecule has 0 radical (unpaired) electrons. The van der Waals surface area contributed by atoms with Crippen molar-refractivity contribution in [3.63, 3.8) is 0 Å². The van der Waals surface area contributed by atoms with Crippen LogP contribution in [0.25, 0.3) is 0 Å². The van der Waals surface area contributed by atoms with Crippen LogP contribution in [0.4, 0.5) is 0 Å². The molecule has 6 nitrogen and oxygen atoms in total. The van der Waals surface area contributed by atoms with E-state index >= 15 is 0 Å². The fraction of sp³-hybridized carbons (Fsp3) is 0.533. The minimum absolute atomic E-state index is 0.605. The summed E-state index contributed by atoms with van der Waals surface area (Å²) >= 11 is 0. The number of nitrogens with zero attached hydrogens (tertiary/aromatic N) is 1. The number of rotatable bonds is 9. The first-order valence-electron chi connectivity index (χ1n) is 6.94.